The molecule has 1 aromatic rings. The summed E-state index contributed by atoms with van der Waals surface area (Å²) in [6.45, 7) is 0.539. The number of likely N-dealkylation sites (tertiary alicyclic amines) is 1. The van der Waals surface area contributed by atoms with E-state index >= 15 is 0 Å². The Morgan fingerprint density at radius 1 is 1.45 bits per heavy atom. The number of aliphatic carboxylic acids is 1. The zero-order valence-electron chi connectivity index (χ0n) is 12.6. The maximum absolute atomic E-state index is 12.2. The Morgan fingerprint density at radius 3 is 2.86 bits per heavy atom. The number of rotatable bonds is 7. The molecule has 1 fully saturated rings. The van der Waals surface area contributed by atoms with Crippen LogP contribution in [0.1, 0.15) is 17.7 Å². The molecule has 0 saturated carbocycles. The highest BCUT2D eigenvalue weighted by Crippen LogP contribution is 2.18. The van der Waals surface area contributed by atoms with Gasteiger partial charge in [-0.15, -0.1) is 11.3 Å². The van der Waals surface area contributed by atoms with E-state index in [4.69, 9.17) is 5.11 Å². The van der Waals surface area contributed by atoms with E-state index in [0.717, 1.165) is 12.8 Å². The number of amides is 1. The van der Waals surface area contributed by atoms with Gasteiger partial charge >= 0.3 is 5.97 Å². The largest absolute Gasteiger partial charge is 0.480 e. The monoisotopic (exact) mass is 326 g/mol. The van der Waals surface area contributed by atoms with Crippen LogP contribution in [-0.2, 0) is 16.0 Å². The van der Waals surface area contributed by atoms with E-state index in [1.54, 1.807) is 28.2 Å². The molecule has 22 heavy (non-hydrogen) atoms. The van der Waals surface area contributed by atoms with Gasteiger partial charge in [-0.1, -0.05) is 6.07 Å². The normalized spacial score (nSPS) is 21.5. The number of β-amino-alcohol motifs (C(OH)–C–C–N with tert-alkyl or cyclic N) is 1. The van der Waals surface area contributed by atoms with E-state index in [1.807, 2.05) is 11.4 Å². The lowest BCUT2D eigenvalue weighted by molar-refractivity contribution is -0.138. The third-order valence-electron chi connectivity index (χ3n) is 3.96. The molecule has 1 saturated heterocycles. The summed E-state index contributed by atoms with van der Waals surface area (Å²) < 4.78 is 0. The molecule has 1 aromatic heterocycles. The summed E-state index contributed by atoms with van der Waals surface area (Å²) in [6.07, 6.45) is 1.45. The van der Waals surface area contributed by atoms with E-state index < -0.39 is 12.1 Å². The average molecular weight is 326 g/mol. The second-order valence-corrected chi connectivity index (χ2v) is 6.71. The number of carbonyl (C=O) groups excluding carboxylic acids is 1. The zero-order chi connectivity index (χ0) is 16.1. The van der Waals surface area contributed by atoms with Crippen LogP contribution in [0.4, 0.5) is 0 Å². The number of hydrogen-bond donors (Lipinski definition) is 2. The number of likely N-dealkylation sites (N-methyl/N-ethyl adjacent to an activating group) is 1. The highest BCUT2D eigenvalue weighted by Gasteiger charge is 2.36. The molecule has 2 atom stereocenters. The number of carbonyl (C=O) groups is 2. The van der Waals surface area contributed by atoms with Crippen molar-refractivity contribution in [1.29, 1.82) is 0 Å². The van der Waals surface area contributed by atoms with Crippen LogP contribution < -0.4 is 0 Å². The maximum atomic E-state index is 12.2. The minimum absolute atomic E-state index is 0.0295. The number of hydrogen-bond acceptors (Lipinski definition) is 5. The Labute approximate surface area is 134 Å². The predicted molar refractivity (Wildman–Crippen MR) is 83.9 cm³/mol. The molecule has 1 aliphatic heterocycles. The lowest BCUT2D eigenvalue weighted by Gasteiger charge is -2.24. The summed E-state index contributed by atoms with van der Waals surface area (Å²) >= 11 is 1.69. The first-order chi connectivity index (χ1) is 10.5. The van der Waals surface area contributed by atoms with E-state index in [9.17, 15) is 14.7 Å². The Balaban J connectivity index is 1.78. The van der Waals surface area contributed by atoms with Gasteiger partial charge in [0.25, 0.3) is 0 Å². The molecule has 2 N–H and O–H groups in total. The van der Waals surface area contributed by atoms with Crippen molar-refractivity contribution in [1.82, 2.24) is 9.80 Å². The number of carboxylic acids is 1. The summed E-state index contributed by atoms with van der Waals surface area (Å²) in [6, 6.07) is 3.75. The highest BCUT2D eigenvalue weighted by molar-refractivity contribution is 7.09. The van der Waals surface area contributed by atoms with Crippen LogP contribution in [0.25, 0.3) is 0 Å². The predicted octanol–water partition coefficient (Wildman–Crippen LogP) is 0.659. The molecule has 0 aromatic carbocycles. The Bertz CT molecular complexity index is 506. The lowest BCUT2D eigenvalue weighted by atomic mass is 10.2. The van der Waals surface area contributed by atoms with Gasteiger partial charge in [-0.25, -0.2) is 0 Å². The molecule has 0 spiro atoms. The number of carboxylic acid groups (broad SMARTS) is 1. The summed E-state index contributed by atoms with van der Waals surface area (Å²) in [5.74, 6) is -0.905. The van der Waals surface area contributed by atoms with Crippen LogP contribution in [0, 0.1) is 0 Å². The van der Waals surface area contributed by atoms with Crippen molar-refractivity contribution in [2.75, 3.05) is 26.7 Å². The Kier molecular flexibility index (Phi) is 5.93. The van der Waals surface area contributed by atoms with Crippen LogP contribution in [0.3, 0.4) is 0 Å². The standard InChI is InChI=1S/C15H22N2O4S/c1-16(10-15(20)21)12-8-17(9-13(12)18)14(19)6-2-4-11-5-3-7-22-11/h3,5,7,12-13,18H,2,4,6,8-10H2,1H3,(H,20,21)/t12?,13-/m1/s1. The average Bonchev–Trinajstić information content (AvgIpc) is 3.07. The minimum atomic E-state index is -0.935. The van der Waals surface area contributed by atoms with Crippen LogP contribution in [-0.4, -0.2) is 70.7 Å². The van der Waals surface area contributed by atoms with Gasteiger partial charge < -0.3 is 15.1 Å². The summed E-state index contributed by atoms with van der Waals surface area (Å²) in [7, 11) is 1.66. The number of thiophene rings is 1. The van der Waals surface area contributed by atoms with Gasteiger partial charge in [0.15, 0.2) is 0 Å². The summed E-state index contributed by atoms with van der Waals surface area (Å²) in [5.41, 5.74) is 0. The quantitative estimate of drug-likeness (QED) is 0.769. The van der Waals surface area contributed by atoms with E-state index in [-0.39, 0.29) is 25.0 Å². The molecule has 0 radical (unpaired) electrons. The second kappa shape index (κ2) is 7.71. The van der Waals surface area contributed by atoms with Gasteiger partial charge in [0.2, 0.25) is 5.91 Å². The molecule has 1 unspecified atom stereocenters. The molecule has 122 valence electrons. The van der Waals surface area contributed by atoms with Gasteiger partial charge in [0, 0.05) is 24.4 Å². The fourth-order valence-corrected chi connectivity index (χ4v) is 3.51. The van der Waals surface area contributed by atoms with Gasteiger partial charge in [-0.05, 0) is 31.3 Å². The first kappa shape index (κ1) is 16.9. The second-order valence-electron chi connectivity index (χ2n) is 5.68. The third-order valence-corrected chi connectivity index (χ3v) is 4.89. The van der Waals surface area contributed by atoms with Crippen molar-refractivity contribution in [3.8, 4) is 0 Å². The van der Waals surface area contributed by atoms with Crippen LogP contribution in [0.2, 0.25) is 0 Å². The minimum Gasteiger partial charge on any atom is -0.480 e. The molecule has 1 amide bonds. The fraction of sp³-hybridized carbons (Fsp3) is 0.600. The number of aryl methyl sites for hydroxylation is 1. The van der Waals surface area contributed by atoms with Crippen LogP contribution >= 0.6 is 11.3 Å². The lowest BCUT2D eigenvalue weighted by Crippen LogP contribution is -2.43. The molecule has 6 nitrogen and oxygen atoms in total. The first-order valence-corrected chi connectivity index (χ1v) is 8.25. The fourth-order valence-electron chi connectivity index (χ4n) is 2.76. The maximum Gasteiger partial charge on any atom is 0.317 e. The Morgan fingerprint density at radius 2 is 2.23 bits per heavy atom. The van der Waals surface area contributed by atoms with Crippen molar-refractivity contribution in [2.45, 2.75) is 31.4 Å². The van der Waals surface area contributed by atoms with Gasteiger partial charge in [-0.3, -0.25) is 14.5 Å². The van der Waals surface area contributed by atoms with Crippen molar-refractivity contribution in [3.05, 3.63) is 22.4 Å². The van der Waals surface area contributed by atoms with Crippen molar-refractivity contribution >= 4 is 23.2 Å². The van der Waals surface area contributed by atoms with Gasteiger partial charge in [0.05, 0.1) is 18.7 Å². The summed E-state index contributed by atoms with van der Waals surface area (Å²) in [5, 5.41) is 20.9. The van der Waals surface area contributed by atoms with Crippen LogP contribution in [0.15, 0.2) is 17.5 Å². The van der Waals surface area contributed by atoms with Gasteiger partial charge in [0.1, 0.15) is 0 Å². The summed E-state index contributed by atoms with van der Waals surface area (Å²) in [4.78, 5) is 27.4. The van der Waals surface area contributed by atoms with E-state index in [1.165, 1.54) is 4.88 Å². The van der Waals surface area contributed by atoms with Gasteiger partial charge in [-0.2, -0.15) is 0 Å². The smallest absolute Gasteiger partial charge is 0.317 e. The van der Waals surface area contributed by atoms with E-state index in [2.05, 4.69) is 6.07 Å². The zero-order valence-corrected chi connectivity index (χ0v) is 13.5. The molecule has 1 aliphatic rings. The number of aliphatic hydroxyl groups is 1. The molecule has 0 aliphatic carbocycles. The Hall–Kier alpha value is -1.44. The first-order valence-electron chi connectivity index (χ1n) is 7.37. The van der Waals surface area contributed by atoms with Crippen molar-refractivity contribution in [2.24, 2.45) is 0 Å². The third kappa shape index (κ3) is 4.53. The van der Waals surface area contributed by atoms with Crippen LogP contribution in [0.5, 0.6) is 0 Å². The SMILES string of the molecule is CN(CC(=O)O)C1CN(C(=O)CCCc2cccs2)C[C@H]1O. The molecule has 2 heterocycles. The van der Waals surface area contributed by atoms with Crippen molar-refractivity contribution < 1.29 is 19.8 Å². The number of aliphatic hydroxyl groups excluding tert-OH is 1. The number of nitrogens with zero attached hydrogens (tertiary/aromatic N) is 2. The van der Waals surface area contributed by atoms with E-state index in [0.29, 0.717) is 13.0 Å². The molecule has 0 bridgehead atoms. The van der Waals surface area contributed by atoms with Crippen molar-refractivity contribution in [3.63, 3.8) is 0 Å². The molecular formula is C15H22N2O4S. The highest BCUT2D eigenvalue weighted by atomic mass is 32.1. The molecule has 2 rings (SSSR count). The molecular weight excluding hydrogens is 304 g/mol. The molecule has 7 heteroatoms. The topological polar surface area (TPSA) is 81.1 Å².